The third kappa shape index (κ3) is 3.87. The zero-order valence-corrected chi connectivity index (χ0v) is 9.57. The topological polar surface area (TPSA) is 46.5 Å². The zero-order chi connectivity index (χ0) is 9.94. The molecule has 1 unspecified atom stereocenters. The highest BCUT2D eigenvalue weighted by Gasteiger charge is 2.32. The molecule has 4 heteroatoms. The van der Waals surface area contributed by atoms with E-state index in [1.54, 1.807) is 0 Å². The largest absolute Gasteiger partial charge is 0.479 e. The number of carboxylic acids is 1. The van der Waals surface area contributed by atoms with Crippen LogP contribution in [0.2, 0.25) is 13.1 Å². The average molecular weight is 190 g/mol. The minimum Gasteiger partial charge on any atom is -0.479 e. The second kappa shape index (κ2) is 4.05. The van der Waals surface area contributed by atoms with Gasteiger partial charge in [0.05, 0.1) is 0 Å². The first kappa shape index (κ1) is 11.6. The van der Waals surface area contributed by atoms with Crippen molar-refractivity contribution in [2.45, 2.75) is 40.0 Å². The van der Waals surface area contributed by atoms with Gasteiger partial charge >= 0.3 is 5.97 Å². The van der Waals surface area contributed by atoms with E-state index >= 15 is 0 Å². The zero-order valence-electron chi connectivity index (χ0n) is 8.42. The maximum Gasteiger partial charge on any atom is 0.332 e. The molecule has 1 atom stereocenters. The van der Waals surface area contributed by atoms with Crippen LogP contribution in [0, 0.1) is 5.41 Å². The summed E-state index contributed by atoms with van der Waals surface area (Å²) in [5.74, 6) is -0.858. The molecule has 0 saturated heterocycles. The molecule has 0 aromatic carbocycles. The summed E-state index contributed by atoms with van der Waals surface area (Å²) < 4.78 is 5.42. The van der Waals surface area contributed by atoms with E-state index in [9.17, 15) is 4.79 Å². The number of rotatable bonds is 3. The van der Waals surface area contributed by atoms with E-state index in [0.29, 0.717) is 0 Å². The molecule has 0 fully saturated rings. The molecule has 0 spiro atoms. The molecule has 0 rings (SSSR count). The van der Waals surface area contributed by atoms with Gasteiger partial charge in [-0.2, -0.15) is 0 Å². The first-order valence-electron chi connectivity index (χ1n) is 4.13. The van der Waals surface area contributed by atoms with Crippen molar-refractivity contribution in [3.8, 4) is 0 Å². The van der Waals surface area contributed by atoms with Crippen molar-refractivity contribution in [3.05, 3.63) is 0 Å². The Labute approximate surface area is 75.5 Å². The lowest BCUT2D eigenvalue weighted by atomic mass is 9.89. The van der Waals surface area contributed by atoms with Crippen LogP contribution in [0.25, 0.3) is 0 Å². The maximum atomic E-state index is 10.8. The summed E-state index contributed by atoms with van der Waals surface area (Å²) >= 11 is 0. The van der Waals surface area contributed by atoms with Crippen LogP contribution in [0.1, 0.15) is 20.8 Å². The number of carboxylic acid groups (broad SMARTS) is 1. The molecule has 0 aromatic heterocycles. The Morgan fingerprint density at radius 3 is 1.92 bits per heavy atom. The monoisotopic (exact) mass is 190 g/mol. The molecule has 12 heavy (non-hydrogen) atoms. The normalized spacial score (nSPS) is 14.8. The van der Waals surface area contributed by atoms with Gasteiger partial charge in [-0.15, -0.1) is 0 Å². The van der Waals surface area contributed by atoms with Crippen LogP contribution in [0.4, 0.5) is 0 Å². The second-order valence-corrected chi connectivity index (χ2v) is 6.64. The van der Waals surface area contributed by atoms with Gasteiger partial charge in [0.1, 0.15) is 6.10 Å². The first-order valence-corrected chi connectivity index (χ1v) is 6.91. The third-order valence-corrected chi connectivity index (χ3v) is 2.24. The van der Waals surface area contributed by atoms with E-state index in [-0.39, 0.29) is 5.41 Å². The SMILES string of the molecule is C[SiH](C)OC(C(=O)O)C(C)(C)C. The predicted octanol–water partition coefficient (Wildman–Crippen LogP) is 1.49. The third-order valence-electron chi connectivity index (χ3n) is 1.42. The van der Waals surface area contributed by atoms with Gasteiger partial charge in [-0.3, -0.25) is 0 Å². The van der Waals surface area contributed by atoms with E-state index in [1.165, 1.54) is 0 Å². The van der Waals surface area contributed by atoms with Crippen molar-refractivity contribution in [1.82, 2.24) is 0 Å². The Kier molecular flexibility index (Phi) is 3.93. The molecule has 0 bridgehead atoms. The van der Waals surface area contributed by atoms with Gasteiger partial charge in [0.2, 0.25) is 0 Å². The Bertz CT molecular complexity index is 160. The predicted molar refractivity (Wildman–Crippen MR) is 50.8 cm³/mol. The minimum atomic E-state index is -1.27. The molecular weight excluding hydrogens is 172 g/mol. The Morgan fingerprint density at radius 1 is 1.42 bits per heavy atom. The summed E-state index contributed by atoms with van der Waals surface area (Å²) in [5.41, 5.74) is -0.316. The molecule has 1 N–H and O–H groups in total. The van der Waals surface area contributed by atoms with Crippen LogP contribution < -0.4 is 0 Å². The van der Waals surface area contributed by atoms with Gasteiger partial charge in [0.25, 0.3) is 0 Å². The summed E-state index contributed by atoms with van der Waals surface area (Å²) in [4.78, 5) is 10.8. The molecule has 0 amide bonds. The van der Waals surface area contributed by atoms with Crippen molar-refractivity contribution in [3.63, 3.8) is 0 Å². The van der Waals surface area contributed by atoms with Gasteiger partial charge in [-0.1, -0.05) is 20.8 Å². The van der Waals surface area contributed by atoms with Crippen LogP contribution in [0.15, 0.2) is 0 Å². The molecular formula is C8H18O3Si. The number of carbonyl (C=O) groups is 1. The smallest absolute Gasteiger partial charge is 0.332 e. The van der Waals surface area contributed by atoms with Gasteiger partial charge in [0, 0.05) is 0 Å². The van der Waals surface area contributed by atoms with E-state index in [0.717, 1.165) is 0 Å². The van der Waals surface area contributed by atoms with Gasteiger partial charge in [-0.25, -0.2) is 4.79 Å². The summed E-state index contributed by atoms with van der Waals surface area (Å²) in [5, 5.41) is 8.85. The number of hydrogen-bond acceptors (Lipinski definition) is 2. The molecule has 0 aliphatic carbocycles. The average Bonchev–Trinajstić information content (AvgIpc) is 1.79. The Morgan fingerprint density at radius 2 is 1.83 bits per heavy atom. The van der Waals surface area contributed by atoms with Crippen molar-refractivity contribution >= 4 is 15.0 Å². The molecule has 0 aliphatic rings. The standard InChI is InChI=1S/C8H18O3Si/c1-8(2,3)6(7(9)10)11-12(4)5/h6,12H,1-5H3,(H,9,10). The molecule has 0 aromatic rings. The van der Waals surface area contributed by atoms with E-state index in [4.69, 9.17) is 9.53 Å². The molecule has 0 aliphatic heterocycles. The van der Waals surface area contributed by atoms with Crippen molar-refractivity contribution < 1.29 is 14.3 Å². The summed E-state index contributed by atoms with van der Waals surface area (Å²) in [6, 6.07) is 0. The maximum absolute atomic E-state index is 10.8. The minimum absolute atomic E-state index is 0.316. The fourth-order valence-corrected chi connectivity index (χ4v) is 1.97. The van der Waals surface area contributed by atoms with Crippen LogP contribution in [0.3, 0.4) is 0 Å². The van der Waals surface area contributed by atoms with Crippen LogP contribution in [-0.2, 0) is 9.22 Å². The molecule has 0 heterocycles. The first-order chi connectivity index (χ1) is 5.25. The van der Waals surface area contributed by atoms with E-state index in [1.807, 2.05) is 33.9 Å². The molecule has 72 valence electrons. The number of aliphatic carboxylic acids is 1. The highest BCUT2D eigenvalue weighted by Crippen LogP contribution is 2.22. The fourth-order valence-electron chi connectivity index (χ4n) is 0.905. The summed E-state index contributed by atoms with van der Waals surface area (Å²) in [7, 11) is -1.27. The van der Waals surface area contributed by atoms with Crippen LogP contribution >= 0.6 is 0 Å². The molecule has 0 radical (unpaired) electrons. The van der Waals surface area contributed by atoms with E-state index < -0.39 is 21.1 Å². The summed E-state index contributed by atoms with van der Waals surface area (Å²) in [6.07, 6.45) is -0.663. The van der Waals surface area contributed by atoms with Crippen LogP contribution in [0.5, 0.6) is 0 Å². The quantitative estimate of drug-likeness (QED) is 0.686. The van der Waals surface area contributed by atoms with Gasteiger partial charge < -0.3 is 9.53 Å². The number of hydrogen-bond donors (Lipinski definition) is 1. The Balaban J connectivity index is 4.35. The van der Waals surface area contributed by atoms with Gasteiger partial charge in [-0.05, 0) is 18.5 Å². The van der Waals surface area contributed by atoms with Crippen LogP contribution in [-0.4, -0.2) is 26.2 Å². The highest BCUT2D eigenvalue weighted by molar-refractivity contribution is 6.48. The van der Waals surface area contributed by atoms with E-state index in [2.05, 4.69) is 0 Å². The van der Waals surface area contributed by atoms with Crippen molar-refractivity contribution in [1.29, 1.82) is 0 Å². The second-order valence-electron chi connectivity index (χ2n) is 4.27. The lowest BCUT2D eigenvalue weighted by molar-refractivity contribution is -0.150. The molecule has 0 saturated carbocycles. The highest BCUT2D eigenvalue weighted by atomic mass is 28.3. The van der Waals surface area contributed by atoms with Gasteiger partial charge in [0.15, 0.2) is 9.04 Å². The lowest BCUT2D eigenvalue weighted by Gasteiger charge is -2.28. The lowest BCUT2D eigenvalue weighted by Crippen LogP contribution is -2.39. The van der Waals surface area contributed by atoms with Crippen molar-refractivity contribution in [2.75, 3.05) is 0 Å². The van der Waals surface area contributed by atoms with Crippen molar-refractivity contribution in [2.24, 2.45) is 5.41 Å². The fraction of sp³-hybridized carbons (Fsp3) is 0.875. The summed E-state index contributed by atoms with van der Waals surface area (Å²) in [6.45, 7) is 9.58. The molecule has 3 nitrogen and oxygen atoms in total. The Hall–Kier alpha value is -0.353.